The van der Waals surface area contributed by atoms with Crippen LogP contribution in [0.25, 0.3) is 0 Å². The smallest absolute Gasteiger partial charge is 0.242 e. The third-order valence-corrected chi connectivity index (χ3v) is 5.11. The Morgan fingerprint density at radius 3 is 2.43 bits per heavy atom. The van der Waals surface area contributed by atoms with Crippen molar-refractivity contribution in [2.45, 2.75) is 26.2 Å². The van der Waals surface area contributed by atoms with Gasteiger partial charge in [0.15, 0.2) is 0 Å². The van der Waals surface area contributed by atoms with E-state index in [0.717, 1.165) is 44.0 Å². The molecule has 0 N–H and O–H groups in total. The SMILES string of the molecule is CCN1CCN(C(=O)CN2C(=O)C(C)(C)c3ccccc32)CC1. The summed E-state index contributed by atoms with van der Waals surface area (Å²) >= 11 is 0. The first-order chi connectivity index (χ1) is 10.9. The second-order valence-corrected chi connectivity index (χ2v) is 6.85. The summed E-state index contributed by atoms with van der Waals surface area (Å²) in [7, 11) is 0. The zero-order valence-corrected chi connectivity index (χ0v) is 14.2. The first kappa shape index (κ1) is 16.0. The molecule has 0 aromatic heterocycles. The van der Waals surface area contributed by atoms with Crippen molar-refractivity contribution in [2.24, 2.45) is 0 Å². The van der Waals surface area contributed by atoms with Crippen LogP contribution in [0.2, 0.25) is 0 Å². The van der Waals surface area contributed by atoms with E-state index < -0.39 is 5.41 Å². The molecule has 0 aliphatic carbocycles. The molecule has 5 nitrogen and oxygen atoms in total. The molecule has 2 aliphatic heterocycles. The highest BCUT2D eigenvalue weighted by atomic mass is 16.2. The quantitative estimate of drug-likeness (QED) is 0.848. The Bertz CT molecular complexity index is 618. The molecule has 23 heavy (non-hydrogen) atoms. The normalized spacial score (nSPS) is 20.7. The average Bonchev–Trinajstić information content (AvgIpc) is 2.76. The fourth-order valence-corrected chi connectivity index (χ4v) is 3.51. The summed E-state index contributed by atoms with van der Waals surface area (Å²) in [5.41, 5.74) is 1.33. The minimum absolute atomic E-state index is 0.0132. The molecular weight excluding hydrogens is 290 g/mol. The van der Waals surface area contributed by atoms with Crippen LogP contribution in [0.5, 0.6) is 0 Å². The molecule has 0 unspecified atom stereocenters. The lowest BCUT2D eigenvalue weighted by atomic mass is 9.86. The highest BCUT2D eigenvalue weighted by Gasteiger charge is 2.44. The van der Waals surface area contributed by atoms with E-state index in [1.165, 1.54) is 0 Å². The van der Waals surface area contributed by atoms with Crippen molar-refractivity contribution in [1.82, 2.24) is 9.80 Å². The second kappa shape index (κ2) is 5.96. The Balaban J connectivity index is 1.73. The summed E-state index contributed by atoms with van der Waals surface area (Å²) in [5.74, 6) is 0.0563. The Morgan fingerprint density at radius 1 is 1.13 bits per heavy atom. The van der Waals surface area contributed by atoms with Crippen molar-refractivity contribution >= 4 is 17.5 Å². The molecule has 0 bridgehead atoms. The van der Waals surface area contributed by atoms with Crippen molar-refractivity contribution in [3.05, 3.63) is 29.8 Å². The number of piperazine rings is 1. The zero-order valence-electron chi connectivity index (χ0n) is 14.2. The maximum Gasteiger partial charge on any atom is 0.242 e. The molecule has 0 saturated carbocycles. The molecule has 0 spiro atoms. The Hall–Kier alpha value is -1.88. The molecule has 1 aromatic carbocycles. The van der Waals surface area contributed by atoms with Gasteiger partial charge < -0.3 is 14.7 Å². The molecule has 1 fully saturated rings. The summed E-state index contributed by atoms with van der Waals surface area (Å²) in [6.45, 7) is 10.5. The van der Waals surface area contributed by atoms with Gasteiger partial charge in [-0.2, -0.15) is 0 Å². The van der Waals surface area contributed by atoms with Gasteiger partial charge in [-0.05, 0) is 32.0 Å². The maximum absolute atomic E-state index is 12.7. The molecular formula is C18H25N3O2. The van der Waals surface area contributed by atoms with Crippen LogP contribution in [-0.2, 0) is 15.0 Å². The number of carbonyl (C=O) groups is 2. The summed E-state index contributed by atoms with van der Waals surface area (Å²) in [5, 5.41) is 0. The minimum atomic E-state index is -0.558. The molecule has 1 aromatic rings. The summed E-state index contributed by atoms with van der Waals surface area (Å²) in [6.07, 6.45) is 0. The van der Waals surface area contributed by atoms with Gasteiger partial charge in [-0.1, -0.05) is 25.1 Å². The molecule has 3 rings (SSSR count). The van der Waals surface area contributed by atoms with E-state index in [9.17, 15) is 9.59 Å². The molecule has 2 heterocycles. The summed E-state index contributed by atoms with van der Waals surface area (Å²) < 4.78 is 0. The van der Waals surface area contributed by atoms with Gasteiger partial charge in [0.1, 0.15) is 6.54 Å². The van der Waals surface area contributed by atoms with Gasteiger partial charge in [-0.3, -0.25) is 9.59 Å². The van der Waals surface area contributed by atoms with Gasteiger partial charge in [-0.25, -0.2) is 0 Å². The first-order valence-electron chi connectivity index (χ1n) is 8.36. The van der Waals surface area contributed by atoms with Crippen molar-refractivity contribution in [2.75, 3.05) is 44.2 Å². The third kappa shape index (κ3) is 2.74. The van der Waals surface area contributed by atoms with Gasteiger partial charge >= 0.3 is 0 Å². The molecule has 5 heteroatoms. The Labute approximate surface area is 137 Å². The maximum atomic E-state index is 12.7. The van der Waals surface area contributed by atoms with Crippen molar-refractivity contribution in [1.29, 1.82) is 0 Å². The first-order valence-corrected chi connectivity index (χ1v) is 8.36. The molecule has 2 amide bonds. The average molecular weight is 315 g/mol. The predicted octanol–water partition coefficient (Wildman–Crippen LogP) is 1.47. The number of amides is 2. The van der Waals surface area contributed by atoms with Crippen LogP contribution in [0.4, 0.5) is 5.69 Å². The fraction of sp³-hybridized carbons (Fsp3) is 0.556. The van der Waals surface area contributed by atoms with E-state index in [4.69, 9.17) is 0 Å². The van der Waals surface area contributed by atoms with Crippen LogP contribution < -0.4 is 4.90 Å². The predicted molar refractivity (Wildman–Crippen MR) is 90.5 cm³/mol. The van der Waals surface area contributed by atoms with Crippen LogP contribution in [0.3, 0.4) is 0 Å². The highest BCUT2D eigenvalue weighted by Crippen LogP contribution is 2.41. The second-order valence-electron chi connectivity index (χ2n) is 6.85. The van der Waals surface area contributed by atoms with E-state index in [1.54, 1.807) is 4.90 Å². The van der Waals surface area contributed by atoms with Crippen LogP contribution in [0.1, 0.15) is 26.3 Å². The van der Waals surface area contributed by atoms with E-state index in [0.29, 0.717) is 0 Å². The van der Waals surface area contributed by atoms with E-state index >= 15 is 0 Å². The topological polar surface area (TPSA) is 43.9 Å². The van der Waals surface area contributed by atoms with Gasteiger partial charge in [0.2, 0.25) is 11.8 Å². The fourth-order valence-electron chi connectivity index (χ4n) is 3.51. The van der Waals surface area contributed by atoms with Crippen LogP contribution in [0.15, 0.2) is 24.3 Å². The zero-order chi connectivity index (χ0) is 16.6. The van der Waals surface area contributed by atoms with Gasteiger partial charge in [0.05, 0.1) is 5.41 Å². The molecule has 1 saturated heterocycles. The van der Waals surface area contributed by atoms with Gasteiger partial charge in [0.25, 0.3) is 0 Å². The van der Waals surface area contributed by atoms with Crippen molar-refractivity contribution in [3.8, 4) is 0 Å². The van der Waals surface area contributed by atoms with Crippen molar-refractivity contribution < 1.29 is 9.59 Å². The Kier molecular flexibility index (Phi) is 4.15. The molecule has 124 valence electrons. The van der Waals surface area contributed by atoms with Crippen molar-refractivity contribution in [3.63, 3.8) is 0 Å². The number of nitrogens with zero attached hydrogens (tertiary/aromatic N) is 3. The number of rotatable bonds is 3. The lowest BCUT2D eigenvalue weighted by Gasteiger charge is -2.35. The molecule has 0 atom stereocenters. The van der Waals surface area contributed by atoms with Crippen LogP contribution in [-0.4, -0.2) is 60.9 Å². The number of benzene rings is 1. The number of likely N-dealkylation sites (N-methyl/N-ethyl adjacent to an activating group) is 1. The highest BCUT2D eigenvalue weighted by molar-refractivity contribution is 6.10. The van der Waals surface area contributed by atoms with E-state index in [-0.39, 0.29) is 18.4 Å². The van der Waals surface area contributed by atoms with Crippen LogP contribution in [0, 0.1) is 0 Å². The van der Waals surface area contributed by atoms with Gasteiger partial charge in [-0.15, -0.1) is 0 Å². The lowest BCUT2D eigenvalue weighted by Crippen LogP contribution is -2.52. The minimum Gasteiger partial charge on any atom is -0.339 e. The number of carbonyl (C=O) groups excluding carboxylic acids is 2. The van der Waals surface area contributed by atoms with Gasteiger partial charge in [0, 0.05) is 31.9 Å². The number of para-hydroxylation sites is 1. The Morgan fingerprint density at radius 2 is 1.78 bits per heavy atom. The van der Waals surface area contributed by atoms with Crippen LogP contribution >= 0.6 is 0 Å². The molecule has 0 radical (unpaired) electrons. The lowest BCUT2D eigenvalue weighted by molar-refractivity contribution is -0.133. The largest absolute Gasteiger partial charge is 0.339 e. The third-order valence-electron chi connectivity index (χ3n) is 5.11. The monoisotopic (exact) mass is 315 g/mol. The van der Waals surface area contributed by atoms with E-state index in [1.807, 2.05) is 43.0 Å². The standard InChI is InChI=1S/C18H25N3O2/c1-4-19-9-11-20(12-10-19)16(22)13-21-15-8-6-5-7-14(15)18(2,3)17(21)23/h5-8H,4,9-13H2,1-3H3. The number of fused-ring (bicyclic) bond motifs is 1. The van der Waals surface area contributed by atoms with E-state index in [2.05, 4.69) is 11.8 Å². The number of anilines is 1. The molecule has 2 aliphatic rings. The summed E-state index contributed by atoms with van der Waals surface area (Å²) in [4.78, 5) is 31.3. The number of hydrogen-bond donors (Lipinski definition) is 0. The number of hydrogen-bond acceptors (Lipinski definition) is 3. The summed E-state index contributed by atoms with van der Waals surface area (Å²) in [6, 6.07) is 7.79.